The third-order valence-corrected chi connectivity index (χ3v) is 3.39. The summed E-state index contributed by atoms with van der Waals surface area (Å²) >= 11 is 0. The van der Waals surface area contributed by atoms with Gasteiger partial charge in [0.15, 0.2) is 0 Å². The van der Waals surface area contributed by atoms with E-state index in [0.717, 1.165) is 12.1 Å². The molecular formula is C14H14F3NO4. The first-order valence-corrected chi connectivity index (χ1v) is 6.64. The molecule has 1 fully saturated rings. The summed E-state index contributed by atoms with van der Waals surface area (Å²) in [5.41, 5.74) is 0.195. The summed E-state index contributed by atoms with van der Waals surface area (Å²) in [6.45, 7) is 0.540. The number of carbonyl (C=O) groups excluding carboxylic acids is 1. The monoisotopic (exact) mass is 317 g/mol. The summed E-state index contributed by atoms with van der Waals surface area (Å²) in [7, 11) is 0. The van der Waals surface area contributed by atoms with Gasteiger partial charge in [-0.25, -0.2) is 0 Å². The number of ether oxygens (including phenoxy) is 1. The number of piperidine rings is 1. The number of amides is 1. The lowest BCUT2D eigenvalue weighted by molar-refractivity contribution is -0.274. The number of benzene rings is 1. The van der Waals surface area contributed by atoms with Crippen molar-refractivity contribution in [3.8, 4) is 5.75 Å². The van der Waals surface area contributed by atoms with E-state index in [1.54, 1.807) is 0 Å². The number of rotatable bonds is 3. The third-order valence-electron chi connectivity index (χ3n) is 3.39. The van der Waals surface area contributed by atoms with Crippen LogP contribution in [0.25, 0.3) is 0 Å². The van der Waals surface area contributed by atoms with Crippen LogP contribution >= 0.6 is 0 Å². The molecule has 0 radical (unpaired) electrons. The average molecular weight is 317 g/mol. The fraction of sp³-hybridized carbons (Fsp3) is 0.429. The number of carbonyl (C=O) groups is 2. The topological polar surface area (TPSA) is 66.8 Å². The first kappa shape index (κ1) is 16.1. The van der Waals surface area contributed by atoms with E-state index >= 15 is 0 Å². The van der Waals surface area contributed by atoms with E-state index in [-0.39, 0.29) is 12.1 Å². The number of carboxylic acids is 1. The second kappa shape index (κ2) is 6.25. The highest BCUT2D eigenvalue weighted by molar-refractivity contribution is 5.94. The predicted octanol–water partition coefficient (Wildman–Crippen LogP) is 2.52. The summed E-state index contributed by atoms with van der Waals surface area (Å²) in [5.74, 6) is -2.37. The van der Waals surface area contributed by atoms with E-state index in [1.807, 2.05) is 0 Å². The van der Waals surface area contributed by atoms with Crippen molar-refractivity contribution >= 4 is 11.9 Å². The van der Waals surface area contributed by atoms with E-state index in [0.29, 0.717) is 19.4 Å². The Kier molecular flexibility index (Phi) is 4.58. The van der Waals surface area contributed by atoms with Crippen molar-refractivity contribution in [3.05, 3.63) is 29.8 Å². The zero-order valence-corrected chi connectivity index (χ0v) is 11.5. The molecule has 2 rings (SSSR count). The molecule has 0 aromatic heterocycles. The molecule has 1 saturated heterocycles. The molecular weight excluding hydrogens is 303 g/mol. The lowest BCUT2D eigenvalue weighted by Crippen LogP contribution is -2.42. The first-order chi connectivity index (χ1) is 10.3. The average Bonchev–Trinajstić information content (AvgIpc) is 2.46. The lowest BCUT2D eigenvalue weighted by Gasteiger charge is -2.30. The quantitative estimate of drug-likeness (QED) is 0.930. The highest BCUT2D eigenvalue weighted by Crippen LogP contribution is 2.24. The van der Waals surface area contributed by atoms with Crippen molar-refractivity contribution in [3.63, 3.8) is 0 Å². The number of aliphatic carboxylic acids is 1. The second-order valence-corrected chi connectivity index (χ2v) is 5.00. The number of halogens is 3. The van der Waals surface area contributed by atoms with Gasteiger partial charge in [-0.3, -0.25) is 9.59 Å². The van der Waals surface area contributed by atoms with Crippen molar-refractivity contribution in [2.24, 2.45) is 5.92 Å². The van der Waals surface area contributed by atoms with Crippen LogP contribution in [0.2, 0.25) is 0 Å². The Labute approximate surface area is 124 Å². The molecule has 0 aliphatic carbocycles. The van der Waals surface area contributed by atoms with Gasteiger partial charge in [0.2, 0.25) is 0 Å². The molecule has 0 saturated carbocycles. The van der Waals surface area contributed by atoms with E-state index in [2.05, 4.69) is 4.74 Å². The van der Waals surface area contributed by atoms with Crippen molar-refractivity contribution < 1.29 is 32.6 Å². The van der Waals surface area contributed by atoms with Crippen LogP contribution in [0.5, 0.6) is 5.75 Å². The van der Waals surface area contributed by atoms with E-state index in [1.165, 1.54) is 17.0 Å². The normalized spacial score (nSPS) is 18.9. The Morgan fingerprint density at radius 2 is 1.86 bits per heavy atom. The molecule has 1 unspecified atom stereocenters. The molecule has 5 nitrogen and oxygen atoms in total. The number of likely N-dealkylation sites (tertiary alicyclic amines) is 1. The number of nitrogens with zero attached hydrogens (tertiary/aromatic N) is 1. The summed E-state index contributed by atoms with van der Waals surface area (Å²) < 4.78 is 39.9. The van der Waals surface area contributed by atoms with Crippen LogP contribution < -0.4 is 4.74 Å². The number of hydrogen-bond donors (Lipinski definition) is 1. The maximum atomic E-state index is 12.2. The van der Waals surface area contributed by atoms with Gasteiger partial charge in [0.05, 0.1) is 5.92 Å². The molecule has 1 aliphatic rings. The van der Waals surface area contributed by atoms with Gasteiger partial charge in [0.25, 0.3) is 5.91 Å². The van der Waals surface area contributed by atoms with Crippen LogP contribution in [0.1, 0.15) is 23.2 Å². The van der Waals surface area contributed by atoms with Crippen molar-refractivity contribution in [2.75, 3.05) is 13.1 Å². The first-order valence-electron chi connectivity index (χ1n) is 6.64. The predicted molar refractivity (Wildman–Crippen MR) is 69.4 cm³/mol. The van der Waals surface area contributed by atoms with Gasteiger partial charge in [-0.2, -0.15) is 0 Å². The highest BCUT2D eigenvalue weighted by Gasteiger charge is 2.31. The second-order valence-electron chi connectivity index (χ2n) is 5.00. The van der Waals surface area contributed by atoms with Gasteiger partial charge in [-0.05, 0) is 37.1 Å². The van der Waals surface area contributed by atoms with Gasteiger partial charge >= 0.3 is 12.3 Å². The molecule has 1 aromatic carbocycles. The summed E-state index contributed by atoms with van der Waals surface area (Å²) in [6.07, 6.45) is -3.69. The van der Waals surface area contributed by atoms with Crippen molar-refractivity contribution in [1.29, 1.82) is 0 Å². The third kappa shape index (κ3) is 4.12. The van der Waals surface area contributed by atoms with Crippen LogP contribution in [0, 0.1) is 5.92 Å². The molecule has 1 N–H and O–H groups in total. The Morgan fingerprint density at radius 1 is 1.23 bits per heavy atom. The van der Waals surface area contributed by atoms with Crippen LogP contribution in [-0.2, 0) is 4.79 Å². The fourth-order valence-corrected chi connectivity index (χ4v) is 2.34. The molecule has 22 heavy (non-hydrogen) atoms. The lowest BCUT2D eigenvalue weighted by atomic mass is 9.97. The van der Waals surface area contributed by atoms with Crippen molar-refractivity contribution in [2.45, 2.75) is 19.2 Å². The van der Waals surface area contributed by atoms with E-state index in [9.17, 15) is 22.8 Å². The standard InChI is InChI=1S/C14H14F3NO4/c15-14(16,17)22-11-5-3-9(4-6-11)12(19)18-7-1-2-10(8-18)13(20)21/h3-6,10H,1-2,7-8H2,(H,20,21). The molecule has 1 aliphatic heterocycles. The Bertz CT molecular complexity index is 556. The molecule has 1 aromatic rings. The fourth-order valence-electron chi connectivity index (χ4n) is 2.34. The van der Waals surface area contributed by atoms with Crippen LogP contribution in [0.15, 0.2) is 24.3 Å². The molecule has 1 atom stereocenters. The molecule has 1 amide bonds. The maximum absolute atomic E-state index is 12.2. The van der Waals surface area contributed by atoms with Crippen LogP contribution in [0.4, 0.5) is 13.2 Å². The zero-order valence-electron chi connectivity index (χ0n) is 11.5. The molecule has 0 spiro atoms. The Balaban J connectivity index is 2.05. The summed E-state index contributed by atoms with van der Waals surface area (Å²) in [6, 6.07) is 4.57. The van der Waals surface area contributed by atoms with Gasteiger partial charge < -0.3 is 14.7 Å². The smallest absolute Gasteiger partial charge is 0.481 e. The highest BCUT2D eigenvalue weighted by atomic mass is 19.4. The number of alkyl halides is 3. The Hall–Kier alpha value is -2.25. The minimum absolute atomic E-state index is 0.106. The maximum Gasteiger partial charge on any atom is 0.573 e. The molecule has 0 bridgehead atoms. The van der Waals surface area contributed by atoms with Gasteiger partial charge in [0, 0.05) is 18.7 Å². The zero-order chi connectivity index (χ0) is 16.3. The van der Waals surface area contributed by atoms with Gasteiger partial charge in [-0.15, -0.1) is 13.2 Å². The minimum Gasteiger partial charge on any atom is -0.481 e. The summed E-state index contributed by atoms with van der Waals surface area (Å²) in [5, 5.41) is 8.99. The van der Waals surface area contributed by atoms with Crippen LogP contribution in [0.3, 0.4) is 0 Å². The molecule has 120 valence electrons. The SMILES string of the molecule is O=C(O)C1CCCN(C(=O)c2ccc(OC(F)(F)F)cc2)C1. The molecule has 1 heterocycles. The van der Waals surface area contributed by atoms with Gasteiger partial charge in [-0.1, -0.05) is 0 Å². The Morgan fingerprint density at radius 3 is 2.41 bits per heavy atom. The van der Waals surface area contributed by atoms with E-state index < -0.39 is 29.9 Å². The van der Waals surface area contributed by atoms with Crippen molar-refractivity contribution in [1.82, 2.24) is 4.90 Å². The van der Waals surface area contributed by atoms with E-state index in [4.69, 9.17) is 5.11 Å². The summed E-state index contributed by atoms with van der Waals surface area (Å²) in [4.78, 5) is 24.6. The van der Waals surface area contributed by atoms with Gasteiger partial charge in [0.1, 0.15) is 5.75 Å². The number of carboxylic acid groups (broad SMARTS) is 1. The number of hydrogen-bond acceptors (Lipinski definition) is 3. The largest absolute Gasteiger partial charge is 0.573 e. The minimum atomic E-state index is -4.78. The molecule has 8 heteroatoms. The van der Waals surface area contributed by atoms with Crippen LogP contribution in [-0.4, -0.2) is 41.3 Å².